The minimum Gasteiger partial charge on any atom is -0.303 e. The second-order valence-corrected chi connectivity index (χ2v) is 5.29. The average Bonchev–Trinajstić information content (AvgIpc) is 2.75. The van der Waals surface area contributed by atoms with Crippen LogP contribution in [0, 0.1) is 12.8 Å². The summed E-state index contributed by atoms with van der Waals surface area (Å²) in [4.78, 5) is 11.2. The first-order valence-electron chi connectivity index (χ1n) is 5.41. The van der Waals surface area contributed by atoms with Gasteiger partial charge in [0.2, 0.25) is 0 Å². The van der Waals surface area contributed by atoms with E-state index in [1.54, 1.807) is 0 Å². The fraction of sp³-hybridized carbons (Fsp3) is 0.462. The number of hydrogen-bond acceptors (Lipinski definition) is 2. The van der Waals surface area contributed by atoms with Gasteiger partial charge in [-0.2, -0.15) is 11.8 Å². The number of rotatable bonds is 3. The van der Waals surface area contributed by atoms with Crippen LogP contribution in [0.5, 0.6) is 0 Å². The minimum absolute atomic E-state index is 0.112. The van der Waals surface area contributed by atoms with Gasteiger partial charge in [-0.25, -0.2) is 0 Å². The molecule has 1 aliphatic rings. The molecular formula is C13H16OS. The third-order valence-electron chi connectivity index (χ3n) is 3.17. The third-order valence-corrected chi connectivity index (χ3v) is 4.36. The molecule has 0 spiro atoms. The van der Waals surface area contributed by atoms with E-state index in [0.29, 0.717) is 5.92 Å². The summed E-state index contributed by atoms with van der Waals surface area (Å²) in [5, 5.41) is 0. The Hall–Kier alpha value is -0.760. The summed E-state index contributed by atoms with van der Waals surface area (Å²) < 4.78 is 0. The fourth-order valence-corrected chi connectivity index (χ4v) is 3.55. The predicted octanol–water partition coefficient (Wildman–Crippen LogP) is 3.03. The molecule has 2 atom stereocenters. The van der Waals surface area contributed by atoms with Crippen LogP contribution in [0.3, 0.4) is 0 Å². The summed E-state index contributed by atoms with van der Waals surface area (Å²) in [5.74, 6) is 3.01. The lowest BCUT2D eigenvalue weighted by Crippen LogP contribution is -2.14. The predicted molar refractivity (Wildman–Crippen MR) is 65.4 cm³/mol. The molecule has 0 radical (unpaired) electrons. The van der Waals surface area contributed by atoms with Crippen molar-refractivity contribution in [3.8, 4) is 0 Å². The highest BCUT2D eigenvalue weighted by atomic mass is 32.2. The Bertz CT molecular complexity index is 342. The van der Waals surface area contributed by atoms with Crippen LogP contribution in [0.15, 0.2) is 24.3 Å². The van der Waals surface area contributed by atoms with Crippen LogP contribution in [0.1, 0.15) is 23.5 Å². The van der Waals surface area contributed by atoms with Crippen molar-refractivity contribution in [1.29, 1.82) is 0 Å². The number of carbonyl (C=O) groups is 1. The van der Waals surface area contributed by atoms with Crippen molar-refractivity contribution in [2.75, 3.05) is 11.5 Å². The summed E-state index contributed by atoms with van der Waals surface area (Å²) >= 11 is 1.97. The van der Waals surface area contributed by atoms with Gasteiger partial charge in [0.05, 0.1) is 0 Å². The quantitative estimate of drug-likeness (QED) is 0.728. The number of benzene rings is 1. The number of aldehydes is 1. The Balaban J connectivity index is 2.26. The molecule has 0 N–H and O–H groups in total. The Kier molecular flexibility index (Phi) is 3.47. The molecule has 1 saturated heterocycles. The first-order chi connectivity index (χ1) is 7.33. The van der Waals surface area contributed by atoms with E-state index < -0.39 is 0 Å². The van der Waals surface area contributed by atoms with Gasteiger partial charge in [0, 0.05) is 5.92 Å². The molecule has 0 aliphatic carbocycles. The summed E-state index contributed by atoms with van der Waals surface area (Å²) in [6, 6.07) is 8.25. The first kappa shape index (κ1) is 10.7. The lowest BCUT2D eigenvalue weighted by Gasteiger charge is -2.19. The molecule has 1 aliphatic heterocycles. The van der Waals surface area contributed by atoms with Gasteiger partial charge in [-0.1, -0.05) is 24.3 Å². The van der Waals surface area contributed by atoms with E-state index in [1.165, 1.54) is 23.3 Å². The van der Waals surface area contributed by atoms with Crippen LogP contribution < -0.4 is 0 Å². The Morgan fingerprint density at radius 1 is 1.47 bits per heavy atom. The molecule has 2 heteroatoms. The molecule has 0 aromatic heterocycles. The average molecular weight is 220 g/mol. The standard InChI is InChI=1S/C13H16OS/c1-10-4-2-3-5-12(10)13(8-14)11-6-7-15-9-11/h2-5,8,11,13H,6-7,9H2,1H3. The summed E-state index contributed by atoms with van der Waals surface area (Å²) in [6.45, 7) is 2.09. The van der Waals surface area contributed by atoms with Crippen molar-refractivity contribution < 1.29 is 4.79 Å². The molecule has 0 bridgehead atoms. The second kappa shape index (κ2) is 4.84. The molecule has 1 aromatic rings. The zero-order valence-electron chi connectivity index (χ0n) is 8.98. The summed E-state index contributed by atoms with van der Waals surface area (Å²) in [6.07, 6.45) is 2.32. The smallest absolute Gasteiger partial charge is 0.127 e. The van der Waals surface area contributed by atoms with Crippen LogP contribution in [-0.4, -0.2) is 17.8 Å². The maximum absolute atomic E-state index is 11.2. The zero-order chi connectivity index (χ0) is 10.7. The van der Waals surface area contributed by atoms with E-state index in [4.69, 9.17) is 0 Å². The van der Waals surface area contributed by atoms with Gasteiger partial charge in [-0.3, -0.25) is 0 Å². The van der Waals surface area contributed by atoms with E-state index in [-0.39, 0.29) is 5.92 Å². The molecule has 80 valence electrons. The van der Waals surface area contributed by atoms with Crippen LogP contribution in [0.25, 0.3) is 0 Å². The highest BCUT2D eigenvalue weighted by Crippen LogP contribution is 2.35. The number of hydrogen-bond donors (Lipinski definition) is 0. The van der Waals surface area contributed by atoms with Gasteiger partial charge in [0.1, 0.15) is 6.29 Å². The van der Waals surface area contributed by atoms with Crippen LogP contribution in [0.4, 0.5) is 0 Å². The van der Waals surface area contributed by atoms with E-state index in [0.717, 1.165) is 12.0 Å². The van der Waals surface area contributed by atoms with Gasteiger partial charge in [-0.15, -0.1) is 0 Å². The number of carbonyl (C=O) groups excluding carboxylic acids is 1. The number of aryl methyl sites for hydroxylation is 1. The Morgan fingerprint density at radius 2 is 2.27 bits per heavy atom. The maximum atomic E-state index is 11.2. The second-order valence-electron chi connectivity index (χ2n) is 4.14. The molecule has 2 rings (SSSR count). The van der Waals surface area contributed by atoms with Gasteiger partial charge >= 0.3 is 0 Å². The Morgan fingerprint density at radius 3 is 2.87 bits per heavy atom. The SMILES string of the molecule is Cc1ccccc1C(C=O)C1CCSC1. The number of thioether (sulfide) groups is 1. The van der Waals surface area contributed by atoms with Crippen molar-refractivity contribution in [2.24, 2.45) is 5.92 Å². The van der Waals surface area contributed by atoms with Crippen LogP contribution in [-0.2, 0) is 4.79 Å². The highest BCUT2D eigenvalue weighted by molar-refractivity contribution is 7.99. The topological polar surface area (TPSA) is 17.1 Å². The molecule has 1 fully saturated rings. The fourth-order valence-electron chi connectivity index (χ4n) is 2.24. The van der Waals surface area contributed by atoms with E-state index >= 15 is 0 Å². The normalized spacial score (nSPS) is 22.6. The van der Waals surface area contributed by atoms with Gasteiger partial charge in [0.25, 0.3) is 0 Å². The molecule has 1 aromatic carbocycles. The van der Waals surface area contributed by atoms with Crippen molar-refractivity contribution in [2.45, 2.75) is 19.3 Å². The van der Waals surface area contributed by atoms with E-state index in [9.17, 15) is 4.79 Å². The highest BCUT2D eigenvalue weighted by Gasteiger charge is 2.26. The summed E-state index contributed by atoms with van der Waals surface area (Å²) in [7, 11) is 0. The van der Waals surface area contributed by atoms with Crippen LogP contribution in [0.2, 0.25) is 0 Å². The molecule has 0 saturated carbocycles. The lowest BCUT2D eigenvalue weighted by molar-refractivity contribution is -0.109. The molecule has 0 amide bonds. The molecule has 1 nitrogen and oxygen atoms in total. The molecule has 1 heterocycles. The lowest BCUT2D eigenvalue weighted by atomic mass is 9.85. The summed E-state index contributed by atoms with van der Waals surface area (Å²) in [5.41, 5.74) is 2.46. The van der Waals surface area contributed by atoms with Crippen molar-refractivity contribution in [3.63, 3.8) is 0 Å². The Labute approximate surface area is 95.3 Å². The minimum atomic E-state index is 0.112. The van der Waals surface area contributed by atoms with Crippen molar-refractivity contribution in [3.05, 3.63) is 35.4 Å². The van der Waals surface area contributed by atoms with Crippen molar-refractivity contribution >= 4 is 18.0 Å². The molecule has 15 heavy (non-hydrogen) atoms. The van der Waals surface area contributed by atoms with Gasteiger partial charge in [0.15, 0.2) is 0 Å². The van der Waals surface area contributed by atoms with Crippen molar-refractivity contribution in [1.82, 2.24) is 0 Å². The monoisotopic (exact) mass is 220 g/mol. The third kappa shape index (κ3) is 2.25. The maximum Gasteiger partial charge on any atom is 0.127 e. The molecule has 2 unspecified atom stereocenters. The first-order valence-corrected chi connectivity index (χ1v) is 6.57. The van der Waals surface area contributed by atoms with E-state index in [2.05, 4.69) is 19.1 Å². The van der Waals surface area contributed by atoms with Crippen LogP contribution >= 0.6 is 11.8 Å². The van der Waals surface area contributed by atoms with Gasteiger partial charge < -0.3 is 4.79 Å². The largest absolute Gasteiger partial charge is 0.303 e. The molecular weight excluding hydrogens is 204 g/mol. The van der Waals surface area contributed by atoms with E-state index in [1.807, 2.05) is 23.9 Å². The zero-order valence-corrected chi connectivity index (χ0v) is 9.80. The van der Waals surface area contributed by atoms with Gasteiger partial charge in [-0.05, 0) is 41.9 Å².